The molecule has 2 aromatic rings. The molecule has 0 N–H and O–H groups in total. The number of pyridine rings is 1. The summed E-state index contributed by atoms with van der Waals surface area (Å²) in [4.78, 5) is 25.3. The first kappa shape index (κ1) is 16.3. The standard InChI is InChI=1S/C19H22N2O3/c1-19(2,3)24-18(23)20-10-7-14(8-11-20)17-15(13-22)12-16-6-4-5-9-21(16)17/h4-7,9,12-13H,8,10-11H2,1-3H3. The first-order valence-electron chi connectivity index (χ1n) is 8.11. The van der Waals surface area contributed by atoms with Gasteiger partial charge in [0, 0.05) is 30.4 Å². The molecule has 0 bridgehead atoms. The molecule has 1 aliphatic rings. The van der Waals surface area contributed by atoms with E-state index in [9.17, 15) is 9.59 Å². The number of carbonyl (C=O) groups excluding carboxylic acids is 2. The molecule has 0 unspecified atom stereocenters. The summed E-state index contributed by atoms with van der Waals surface area (Å²) in [6, 6.07) is 7.77. The monoisotopic (exact) mass is 326 g/mol. The quantitative estimate of drug-likeness (QED) is 0.789. The molecule has 3 heterocycles. The normalized spacial score (nSPS) is 15.3. The Labute approximate surface area is 141 Å². The highest BCUT2D eigenvalue weighted by Crippen LogP contribution is 2.28. The number of carbonyl (C=O) groups is 2. The highest BCUT2D eigenvalue weighted by molar-refractivity contribution is 5.88. The lowest BCUT2D eigenvalue weighted by molar-refractivity contribution is 0.0270. The lowest BCUT2D eigenvalue weighted by atomic mass is 10.0. The van der Waals surface area contributed by atoms with E-state index in [1.165, 1.54) is 0 Å². The zero-order valence-electron chi connectivity index (χ0n) is 14.3. The van der Waals surface area contributed by atoms with Gasteiger partial charge in [-0.05, 0) is 51.0 Å². The van der Waals surface area contributed by atoms with Gasteiger partial charge in [0.25, 0.3) is 0 Å². The fourth-order valence-electron chi connectivity index (χ4n) is 2.95. The molecular weight excluding hydrogens is 304 g/mol. The molecule has 0 aromatic carbocycles. The van der Waals surface area contributed by atoms with E-state index in [1.807, 2.05) is 61.7 Å². The van der Waals surface area contributed by atoms with Gasteiger partial charge in [-0.25, -0.2) is 4.79 Å². The average molecular weight is 326 g/mol. The van der Waals surface area contributed by atoms with E-state index >= 15 is 0 Å². The van der Waals surface area contributed by atoms with Gasteiger partial charge < -0.3 is 14.0 Å². The topological polar surface area (TPSA) is 51.0 Å². The summed E-state index contributed by atoms with van der Waals surface area (Å²) >= 11 is 0. The Morgan fingerprint density at radius 1 is 1.29 bits per heavy atom. The van der Waals surface area contributed by atoms with Gasteiger partial charge in [-0.15, -0.1) is 0 Å². The highest BCUT2D eigenvalue weighted by atomic mass is 16.6. The Kier molecular flexibility index (Phi) is 4.18. The van der Waals surface area contributed by atoms with Crippen LogP contribution in [0.5, 0.6) is 0 Å². The van der Waals surface area contributed by atoms with E-state index in [0.29, 0.717) is 25.1 Å². The van der Waals surface area contributed by atoms with Crippen molar-refractivity contribution in [3.63, 3.8) is 0 Å². The van der Waals surface area contributed by atoms with E-state index in [4.69, 9.17) is 4.74 Å². The summed E-state index contributed by atoms with van der Waals surface area (Å²) in [7, 11) is 0. The number of nitrogens with zero attached hydrogens (tertiary/aromatic N) is 2. The van der Waals surface area contributed by atoms with Crippen LogP contribution < -0.4 is 0 Å². The molecule has 0 fully saturated rings. The number of hydrogen-bond acceptors (Lipinski definition) is 3. The van der Waals surface area contributed by atoms with Crippen LogP contribution in [0.25, 0.3) is 11.1 Å². The predicted molar refractivity (Wildman–Crippen MR) is 93.2 cm³/mol. The first-order chi connectivity index (χ1) is 11.4. The Hall–Kier alpha value is -2.56. The van der Waals surface area contributed by atoms with Crippen molar-refractivity contribution in [2.75, 3.05) is 13.1 Å². The molecule has 1 amide bonds. The number of rotatable bonds is 2. The van der Waals surface area contributed by atoms with Gasteiger partial charge >= 0.3 is 6.09 Å². The number of amides is 1. The Balaban J connectivity index is 1.86. The molecule has 0 saturated carbocycles. The van der Waals surface area contributed by atoms with Crippen LogP contribution in [0.3, 0.4) is 0 Å². The Morgan fingerprint density at radius 3 is 2.71 bits per heavy atom. The molecule has 0 atom stereocenters. The van der Waals surface area contributed by atoms with E-state index < -0.39 is 5.60 Å². The largest absolute Gasteiger partial charge is 0.444 e. The second kappa shape index (κ2) is 6.15. The zero-order valence-corrected chi connectivity index (χ0v) is 14.3. The minimum atomic E-state index is -0.497. The van der Waals surface area contributed by atoms with E-state index in [2.05, 4.69) is 0 Å². The highest BCUT2D eigenvalue weighted by Gasteiger charge is 2.25. The van der Waals surface area contributed by atoms with Gasteiger partial charge in [0.05, 0.1) is 5.69 Å². The maximum Gasteiger partial charge on any atom is 0.410 e. The summed E-state index contributed by atoms with van der Waals surface area (Å²) in [5.74, 6) is 0. The molecule has 3 rings (SSSR count). The molecule has 0 radical (unpaired) electrons. The van der Waals surface area contributed by atoms with Crippen molar-refractivity contribution in [1.82, 2.24) is 9.30 Å². The van der Waals surface area contributed by atoms with Crippen molar-refractivity contribution < 1.29 is 14.3 Å². The third-order valence-electron chi connectivity index (χ3n) is 4.00. The predicted octanol–water partition coefficient (Wildman–Crippen LogP) is 3.78. The summed E-state index contributed by atoms with van der Waals surface area (Å²) < 4.78 is 7.44. The smallest absolute Gasteiger partial charge is 0.410 e. The minimum absolute atomic E-state index is 0.298. The molecule has 126 valence electrons. The maximum atomic E-state index is 12.2. The van der Waals surface area contributed by atoms with E-state index in [-0.39, 0.29) is 6.09 Å². The second-order valence-corrected chi connectivity index (χ2v) is 6.97. The fourth-order valence-corrected chi connectivity index (χ4v) is 2.95. The van der Waals surface area contributed by atoms with Crippen molar-refractivity contribution in [1.29, 1.82) is 0 Å². The molecule has 24 heavy (non-hydrogen) atoms. The van der Waals surface area contributed by atoms with E-state index in [0.717, 1.165) is 23.1 Å². The van der Waals surface area contributed by atoms with Gasteiger partial charge in [-0.1, -0.05) is 12.1 Å². The third-order valence-corrected chi connectivity index (χ3v) is 4.00. The fraction of sp³-hybridized carbons (Fsp3) is 0.368. The molecular formula is C19H22N2O3. The van der Waals surface area contributed by atoms with Crippen molar-refractivity contribution >= 4 is 23.5 Å². The molecule has 5 nitrogen and oxygen atoms in total. The van der Waals surface area contributed by atoms with Crippen LogP contribution in [-0.2, 0) is 4.74 Å². The van der Waals surface area contributed by atoms with Crippen LogP contribution >= 0.6 is 0 Å². The minimum Gasteiger partial charge on any atom is -0.444 e. The molecule has 2 aromatic heterocycles. The van der Waals surface area contributed by atoms with Crippen molar-refractivity contribution in [2.24, 2.45) is 0 Å². The Bertz CT molecular complexity index is 812. The zero-order chi connectivity index (χ0) is 17.3. The number of fused-ring (bicyclic) bond motifs is 1. The van der Waals surface area contributed by atoms with Crippen LogP contribution in [0.15, 0.2) is 36.5 Å². The second-order valence-electron chi connectivity index (χ2n) is 6.97. The number of hydrogen-bond donors (Lipinski definition) is 0. The van der Waals surface area contributed by atoms with Gasteiger partial charge in [0.2, 0.25) is 0 Å². The third kappa shape index (κ3) is 3.20. The lowest BCUT2D eigenvalue weighted by Gasteiger charge is -2.29. The summed E-state index contributed by atoms with van der Waals surface area (Å²) in [5, 5.41) is 0. The summed E-state index contributed by atoms with van der Waals surface area (Å²) in [6.45, 7) is 6.65. The van der Waals surface area contributed by atoms with Crippen LogP contribution in [0.1, 0.15) is 43.2 Å². The number of aldehydes is 1. The van der Waals surface area contributed by atoms with Crippen molar-refractivity contribution in [3.05, 3.63) is 47.8 Å². The molecule has 0 spiro atoms. The SMILES string of the molecule is CC(C)(C)OC(=O)N1CC=C(c2c(C=O)cc3ccccn23)CC1. The number of aromatic nitrogens is 1. The van der Waals surface area contributed by atoms with Gasteiger partial charge in [-0.2, -0.15) is 0 Å². The maximum absolute atomic E-state index is 12.2. The van der Waals surface area contributed by atoms with Crippen LogP contribution in [0.4, 0.5) is 4.79 Å². The van der Waals surface area contributed by atoms with Gasteiger partial charge in [0.1, 0.15) is 5.60 Å². The van der Waals surface area contributed by atoms with Crippen molar-refractivity contribution in [2.45, 2.75) is 32.8 Å². The molecule has 5 heteroatoms. The van der Waals surface area contributed by atoms with E-state index in [1.54, 1.807) is 4.90 Å². The number of ether oxygens (including phenoxy) is 1. The van der Waals surface area contributed by atoms with Crippen LogP contribution in [0.2, 0.25) is 0 Å². The van der Waals surface area contributed by atoms with Crippen LogP contribution in [-0.4, -0.2) is 40.4 Å². The summed E-state index contributed by atoms with van der Waals surface area (Å²) in [5.41, 5.74) is 3.18. The summed E-state index contributed by atoms with van der Waals surface area (Å²) in [6.07, 6.45) is 5.26. The van der Waals surface area contributed by atoms with Crippen molar-refractivity contribution in [3.8, 4) is 0 Å². The van der Waals surface area contributed by atoms with Gasteiger partial charge in [0.15, 0.2) is 6.29 Å². The lowest BCUT2D eigenvalue weighted by Crippen LogP contribution is -2.39. The van der Waals surface area contributed by atoms with Crippen LogP contribution in [0, 0.1) is 0 Å². The molecule has 1 aliphatic heterocycles. The Morgan fingerprint density at radius 2 is 2.08 bits per heavy atom. The molecule has 0 aliphatic carbocycles. The first-order valence-corrected chi connectivity index (χ1v) is 8.11. The average Bonchev–Trinajstić information content (AvgIpc) is 2.92. The van der Waals surface area contributed by atoms with Gasteiger partial charge in [-0.3, -0.25) is 4.79 Å². The molecule has 0 saturated heterocycles.